The number of ether oxygens (including phenoxy) is 2. The molecule has 2 N–H and O–H groups in total. The minimum Gasteiger partial charge on any atom is -0.489 e. The van der Waals surface area contributed by atoms with E-state index in [0.29, 0.717) is 30.9 Å². The first-order chi connectivity index (χ1) is 13.5. The lowest BCUT2D eigenvalue weighted by atomic mass is 10.0. The highest BCUT2D eigenvalue weighted by atomic mass is 16.5. The second-order valence-corrected chi connectivity index (χ2v) is 7.43. The van der Waals surface area contributed by atoms with Gasteiger partial charge >= 0.3 is 0 Å². The molecule has 0 radical (unpaired) electrons. The van der Waals surface area contributed by atoms with Crippen molar-refractivity contribution in [1.29, 1.82) is 0 Å². The maximum absolute atomic E-state index is 12.7. The first-order valence-electron chi connectivity index (χ1n) is 9.81. The van der Waals surface area contributed by atoms with Crippen LogP contribution in [0.2, 0.25) is 0 Å². The molecular weight excluding hydrogens is 362 g/mol. The van der Waals surface area contributed by atoms with E-state index in [1.54, 1.807) is 17.0 Å². The number of hydrogen-bond donors (Lipinski definition) is 2. The fraction of sp³-hybridized carbons (Fsp3) is 0.550. The van der Waals surface area contributed by atoms with Crippen LogP contribution in [0.25, 0.3) is 0 Å². The van der Waals surface area contributed by atoms with Gasteiger partial charge in [-0.05, 0) is 37.1 Å². The van der Waals surface area contributed by atoms with Gasteiger partial charge in [-0.3, -0.25) is 19.7 Å². The molecular formula is C20H25N3O5. The third kappa shape index (κ3) is 3.74. The molecule has 28 heavy (non-hydrogen) atoms. The summed E-state index contributed by atoms with van der Waals surface area (Å²) in [7, 11) is 0. The Labute approximate surface area is 163 Å². The van der Waals surface area contributed by atoms with Crippen molar-refractivity contribution in [2.75, 3.05) is 19.7 Å². The van der Waals surface area contributed by atoms with Gasteiger partial charge in [-0.25, -0.2) is 0 Å². The molecule has 3 amide bonds. The van der Waals surface area contributed by atoms with Gasteiger partial charge in [0.25, 0.3) is 5.91 Å². The first-order valence-corrected chi connectivity index (χ1v) is 9.81. The van der Waals surface area contributed by atoms with Crippen molar-refractivity contribution in [1.82, 2.24) is 15.5 Å². The van der Waals surface area contributed by atoms with E-state index in [1.807, 2.05) is 13.0 Å². The molecule has 3 aliphatic heterocycles. The first kappa shape index (κ1) is 18.9. The number of imide groups is 1. The van der Waals surface area contributed by atoms with Crippen LogP contribution in [0.4, 0.5) is 0 Å². The molecule has 0 spiro atoms. The number of nitrogens with one attached hydrogen (secondary N) is 2. The van der Waals surface area contributed by atoms with Crippen LogP contribution in [0.15, 0.2) is 18.2 Å². The zero-order chi connectivity index (χ0) is 19.7. The molecule has 4 rings (SSSR count). The second-order valence-electron chi connectivity index (χ2n) is 7.43. The summed E-state index contributed by atoms with van der Waals surface area (Å²) < 4.78 is 11.8. The molecule has 3 atom stereocenters. The molecule has 3 heterocycles. The van der Waals surface area contributed by atoms with Crippen molar-refractivity contribution in [3.05, 3.63) is 29.3 Å². The van der Waals surface area contributed by atoms with Gasteiger partial charge < -0.3 is 19.7 Å². The highest BCUT2D eigenvalue weighted by molar-refractivity contribution is 6.05. The van der Waals surface area contributed by atoms with E-state index in [1.165, 1.54) is 0 Å². The van der Waals surface area contributed by atoms with Crippen molar-refractivity contribution >= 4 is 17.7 Å². The Morgan fingerprint density at radius 2 is 2.00 bits per heavy atom. The summed E-state index contributed by atoms with van der Waals surface area (Å²) in [5.74, 6) is -0.149. The van der Waals surface area contributed by atoms with Crippen LogP contribution >= 0.6 is 0 Å². The summed E-state index contributed by atoms with van der Waals surface area (Å²) >= 11 is 0. The topological polar surface area (TPSA) is 97.0 Å². The van der Waals surface area contributed by atoms with Crippen LogP contribution in [0, 0.1) is 0 Å². The van der Waals surface area contributed by atoms with Crippen LogP contribution in [0.1, 0.15) is 42.1 Å². The number of carbonyl (C=O) groups is 3. The normalized spacial score (nSPS) is 27.5. The number of carbonyl (C=O) groups excluding carboxylic acids is 3. The Morgan fingerprint density at radius 1 is 1.18 bits per heavy atom. The van der Waals surface area contributed by atoms with Crippen molar-refractivity contribution in [3.8, 4) is 5.75 Å². The molecule has 150 valence electrons. The number of piperidine rings is 2. The van der Waals surface area contributed by atoms with E-state index in [-0.39, 0.29) is 30.4 Å². The van der Waals surface area contributed by atoms with Crippen molar-refractivity contribution in [3.63, 3.8) is 0 Å². The molecule has 0 aliphatic carbocycles. The SMILES string of the molecule is CCOC1CNCC(Oc2ccc3c(c2)CN(C2CCC(=O)NC2=O)C3=O)C1. The zero-order valence-electron chi connectivity index (χ0n) is 15.9. The van der Waals surface area contributed by atoms with Crippen LogP contribution in [0.3, 0.4) is 0 Å². The third-order valence-electron chi connectivity index (χ3n) is 5.47. The van der Waals surface area contributed by atoms with Crippen LogP contribution < -0.4 is 15.4 Å². The maximum Gasteiger partial charge on any atom is 0.255 e. The van der Waals surface area contributed by atoms with Gasteiger partial charge in [0.2, 0.25) is 11.8 Å². The molecule has 0 aromatic heterocycles. The van der Waals surface area contributed by atoms with Crippen LogP contribution in [0.5, 0.6) is 5.75 Å². The Morgan fingerprint density at radius 3 is 2.79 bits per heavy atom. The predicted molar refractivity (Wildman–Crippen MR) is 99.8 cm³/mol. The molecule has 8 heteroatoms. The number of hydrogen-bond acceptors (Lipinski definition) is 6. The van der Waals surface area contributed by atoms with Crippen LogP contribution in [-0.2, 0) is 20.9 Å². The number of benzene rings is 1. The monoisotopic (exact) mass is 387 g/mol. The molecule has 1 aromatic carbocycles. The predicted octanol–water partition coefficient (Wildman–Crippen LogP) is 0.593. The average Bonchev–Trinajstić information content (AvgIpc) is 2.98. The van der Waals surface area contributed by atoms with Gasteiger partial charge in [0.15, 0.2) is 0 Å². The van der Waals surface area contributed by atoms with Crippen molar-refractivity contribution < 1.29 is 23.9 Å². The highest BCUT2D eigenvalue weighted by Crippen LogP contribution is 2.30. The van der Waals surface area contributed by atoms with E-state index >= 15 is 0 Å². The van der Waals surface area contributed by atoms with Gasteiger partial charge in [0.05, 0.1) is 6.10 Å². The summed E-state index contributed by atoms with van der Waals surface area (Å²) in [4.78, 5) is 37.8. The quantitative estimate of drug-likeness (QED) is 0.718. The Bertz CT molecular complexity index is 794. The molecule has 8 nitrogen and oxygen atoms in total. The highest BCUT2D eigenvalue weighted by Gasteiger charge is 2.39. The van der Waals surface area contributed by atoms with E-state index in [9.17, 15) is 14.4 Å². The second kappa shape index (κ2) is 7.89. The fourth-order valence-electron chi connectivity index (χ4n) is 4.13. The van der Waals surface area contributed by atoms with Gasteiger partial charge in [-0.15, -0.1) is 0 Å². The largest absolute Gasteiger partial charge is 0.489 e. The number of nitrogens with zero attached hydrogens (tertiary/aromatic N) is 1. The summed E-state index contributed by atoms with van der Waals surface area (Å²) in [6, 6.07) is 4.84. The fourth-order valence-corrected chi connectivity index (χ4v) is 4.13. The standard InChI is InChI=1S/C20H25N3O5/c1-2-27-14-8-15(10-21-9-14)28-13-3-4-16-12(7-13)11-23(20(16)26)17-5-6-18(24)22-19(17)25/h3-4,7,14-15,17,21H,2,5-6,8-11H2,1H3,(H,22,24,25). The molecule has 3 aliphatic rings. The number of rotatable bonds is 5. The number of fused-ring (bicyclic) bond motifs is 1. The molecule has 0 saturated carbocycles. The zero-order valence-corrected chi connectivity index (χ0v) is 15.9. The molecule has 1 aromatic rings. The lowest BCUT2D eigenvalue weighted by Crippen LogP contribution is -2.52. The summed E-state index contributed by atoms with van der Waals surface area (Å²) in [5, 5.41) is 5.64. The molecule has 2 fully saturated rings. The summed E-state index contributed by atoms with van der Waals surface area (Å²) in [5.41, 5.74) is 1.43. The smallest absolute Gasteiger partial charge is 0.255 e. The Balaban J connectivity index is 1.44. The Kier molecular flexibility index (Phi) is 5.32. The van der Waals surface area contributed by atoms with E-state index in [2.05, 4.69) is 10.6 Å². The minimum atomic E-state index is -0.600. The number of amides is 3. The van der Waals surface area contributed by atoms with E-state index in [4.69, 9.17) is 9.47 Å². The van der Waals surface area contributed by atoms with E-state index in [0.717, 1.165) is 25.1 Å². The van der Waals surface area contributed by atoms with E-state index < -0.39 is 11.9 Å². The van der Waals surface area contributed by atoms with Gasteiger partial charge in [-0.1, -0.05) is 0 Å². The molecule has 0 bridgehead atoms. The van der Waals surface area contributed by atoms with Crippen molar-refractivity contribution in [2.45, 2.75) is 51.0 Å². The summed E-state index contributed by atoms with van der Waals surface area (Å²) in [6.07, 6.45) is 1.58. The summed E-state index contributed by atoms with van der Waals surface area (Å²) in [6.45, 7) is 4.59. The lowest BCUT2D eigenvalue weighted by molar-refractivity contribution is -0.136. The van der Waals surface area contributed by atoms with Gasteiger partial charge in [-0.2, -0.15) is 0 Å². The minimum absolute atomic E-state index is 0.00620. The molecule has 3 unspecified atom stereocenters. The van der Waals surface area contributed by atoms with Gasteiger partial charge in [0, 0.05) is 44.6 Å². The van der Waals surface area contributed by atoms with Gasteiger partial charge in [0.1, 0.15) is 17.9 Å². The Hall–Kier alpha value is -2.45. The molecule has 2 saturated heterocycles. The lowest BCUT2D eigenvalue weighted by Gasteiger charge is -2.30. The third-order valence-corrected chi connectivity index (χ3v) is 5.47. The van der Waals surface area contributed by atoms with Crippen molar-refractivity contribution in [2.24, 2.45) is 0 Å². The average molecular weight is 387 g/mol. The maximum atomic E-state index is 12.7. The van der Waals surface area contributed by atoms with Crippen LogP contribution in [-0.4, -0.2) is 60.6 Å².